The molecule has 3 heteroatoms. The zero-order valence-corrected chi connectivity index (χ0v) is 21.8. The molecule has 1 saturated heterocycles. The molecule has 1 fully saturated rings. The lowest BCUT2D eigenvalue weighted by atomic mass is 9.57. The first-order chi connectivity index (χ1) is 13.9. The number of unbranched alkanes of at least 4 members (excludes halogenated alkanes) is 1. The summed E-state index contributed by atoms with van der Waals surface area (Å²) < 4.78 is 6.28. The van der Waals surface area contributed by atoms with Gasteiger partial charge < -0.3 is 15.0 Å². The van der Waals surface area contributed by atoms with E-state index in [1.54, 1.807) is 0 Å². The third-order valence-corrected chi connectivity index (χ3v) is 7.98. The number of rotatable bonds is 15. The van der Waals surface area contributed by atoms with Crippen molar-refractivity contribution in [1.29, 1.82) is 0 Å². The summed E-state index contributed by atoms with van der Waals surface area (Å²) in [4.78, 5) is 2.56. The number of allylic oxidation sites excluding steroid dienone is 1. The first-order valence-corrected chi connectivity index (χ1v) is 12.7. The van der Waals surface area contributed by atoms with Crippen LogP contribution in [0.3, 0.4) is 0 Å². The fourth-order valence-corrected chi connectivity index (χ4v) is 4.69. The van der Waals surface area contributed by atoms with Crippen LogP contribution in [0.1, 0.15) is 100 Å². The number of nitrogens with zero attached hydrogens (tertiary/aromatic N) is 1. The molecule has 0 saturated carbocycles. The quantitative estimate of drug-likeness (QED) is 0.230. The van der Waals surface area contributed by atoms with E-state index in [1.807, 2.05) is 0 Å². The van der Waals surface area contributed by atoms with Crippen LogP contribution in [0, 0.1) is 22.2 Å². The predicted molar refractivity (Wildman–Crippen MR) is 133 cm³/mol. The summed E-state index contributed by atoms with van der Waals surface area (Å²) in [6, 6.07) is 0. The van der Waals surface area contributed by atoms with Crippen molar-refractivity contribution < 1.29 is 4.74 Å². The van der Waals surface area contributed by atoms with Crippen LogP contribution >= 0.6 is 0 Å². The van der Waals surface area contributed by atoms with E-state index in [1.165, 1.54) is 51.7 Å². The number of nitrogens with one attached hydrogen (secondary N) is 1. The van der Waals surface area contributed by atoms with Gasteiger partial charge in [0.15, 0.2) is 0 Å². The van der Waals surface area contributed by atoms with Crippen molar-refractivity contribution in [3.8, 4) is 0 Å². The molecule has 2 unspecified atom stereocenters. The lowest BCUT2D eigenvalue weighted by molar-refractivity contribution is 0.00126. The van der Waals surface area contributed by atoms with Gasteiger partial charge in [0, 0.05) is 18.5 Å². The molecule has 1 aliphatic rings. The monoisotopic (exact) mass is 422 g/mol. The molecule has 0 aromatic rings. The van der Waals surface area contributed by atoms with Gasteiger partial charge in [-0.2, -0.15) is 0 Å². The average Bonchev–Trinajstić information content (AvgIpc) is 3.17. The van der Waals surface area contributed by atoms with Crippen molar-refractivity contribution in [2.75, 3.05) is 39.3 Å². The molecule has 3 nitrogen and oxygen atoms in total. The highest BCUT2D eigenvalue weighted by Crippen LogP contribution is 2.53. The first kappa shape index (κ1) is 27.5. The zero-order valence-electron chi connectivity index (χ0n) is 21.8. The second-order valence-electron chi connectivity index (χ2n) is 11.7. The van der Waals surface area contributed by atoms with Gasteiger partial charge in [-0.05, 0) is 62.1 Å². The van der Waals surface area contributed by atoms with Crippen LogP contribution in [0.4, 0.5) is 0 Å². The van der Waals surface area contributed by atoms with Crippen molar-refractivity contribution >= 4 is 0 Å². The second-order valence-corrected chi connectivity index (χ2v) is 11.7. The third kappa shape index (κ3) is 8.54. The molecule has 178 valence electrons. The minimum Gasteiger partial charge on any atom is -0.498 e. The molecule has 0 bridgehead atoms. The Morgan fingerprint density at radius 2 is 1.67 bits per heavy atom. The van der Waals surface area contributed by atoms with Gasteiger partial charge in [-0.3, -0.25) is 0 Å². The number of likely N-dealkylation sites (tertiary alicyclic amines) is 1. The van der Waals surface area contributed by atoms with Crippen LogP contribution in [-0.2, 0) is 4.74 Å². The summed E-state index contributed by atoms with van der Waals surface area (Å²) in [5, 5.41) is 3.58. The van der Waals surface area contributed by atoms with Crippen LogP contribution in [-0.4, -0.2) is 44.2 Å². The Hall–Kier alpha value is -0.540. The fourth-order valence-electron chi connectivity index (χ4n) is 4.69. The highest BCUT2D eigenvalue weighted by atomic mass is 16.5. The van der Waals surface area contributed by atoms with Crippen molar-refractivity contribution in [2.45, 2.75) is 100 Å². The molecule has 1 aliphatic heterocycles. The fraction of sp³-hybridized carbons (Fsp3) is 0.926. The molecule has 0 spiro atoms. The van der Waals surface area contributed by atoms with Crippen LogP contribution in [0.15, 0.2) is 12.3 Å². The van der Waals surface area contributed by atoms with Gasteiger partial charge in [-0.15, -0.1) is 0 Å². The molecule has 1 N–H and O–H groups in total. The minimum atomic E-state index is -0.0415. The summed E-state index contributed by atoms with van der Waals surface area (Å²) in [6.07, 6.45) is 8.79. The number of ether oxygens (including phenoxy) is 1. The Kier molecular flexibility index (Phi) is 11.4. The van der Waals surface area contributed by atoms with E-state index < -0.39 is 0 Å². The lowest BCUT2D eigenvalue weighted by Crippen LogP contribution is -2.41. The van der Waals surface area contributed by atoms with E-state index in [2.05, 4.69) is 72.2 Å². The number of hydrogen-bond donors (Lipinski definition) is 1. The maximum atomic E-state index is 6.28. The van der Waals surface area contributed by atoms with Crippen LogP contribution < -0.4 is 5.32 Å². The summed E-state index contributed by atoms with van der Waals surface area (Å²) in [5.74, 6) is 1.68. The summed E-state index contributed by atoms with van der Waals surface area (Å²) >= 11 is 0. The third-order valence-electron chi connectivity index (χ3n) is 7.98. The van der Waals surface area contributed by atoms with Crippen molar-refractivity contribution in [1.82, 2.24) is 10.2 Å². The SMILES string of the molecule is C=C(OCCCNCCN1CCCC1)C(C)(CC(C)(C)C(C)CCCC)C(C)(C)C. The average molecular weight is 423 g/mol. The van der Waals surface area contributed by atoms with Crippen LogP contribution in [0.5, 0.6) is 0 Å². The van der Waals surface area contributed by atoms with Gasteiger partial charge in [0.05, 0.1) is 12.4 Å². The summed E-state index contributed by atoms with van der Waals surface area (Å²) in [6.45, 7) is 30.0. The van der Waals surface area contributed by atoms with E-state index in [4.69, 9.17) is 4.74 Å². The topological polar surface area (TPSA) is 24.5 Å². The molecule has 2 atom stereocenters. The predicted octanol–water partition coefficient (Wildman–Crippen LogP) is 6.89. The minimum absolute atomic E-state index is 0.0415. The molecule has 1 heterocycles. The molecule has 1 rings (SSSR count). The molecule has 0 aliphatic carbocycles. The second kappa shape index (κ2) is 12.5. The smallest absolute Gasteiger partial charge is 0.0952 e. The van der Waals surface area contributed by atoms with Crippen molar-refractivity contribution in [2.24, 2.45) is 22.2 Å². The Morgan fingerprint density at radius 1 is 1.03 bits per heavy atom. The molecule has 30 heavy (non-hydrogen) atoms. The molecular formula is C27H54N2O. The molecule has 0 amide bonds. The van der Waals surface area contributed by atoms with Gasteiger partial charge >= 0.3 is 0 Å². The van der Waals surface area contributed by atoms with E-state index in [0.29, 0.717) is 5.92 Å². The molecule has 0 aromatic carbocycles. The maximum absolute atomic E-state index is 6.28. The highest BCUT2D eigenvalue weighted by Gasteiger charge is 2.46. The number of hydrogen-bond acceptors (Lipinski definition) is 3. The normalized spacial score (nSPS) is 18.9. The first-order valence-electron chi connectivity index (χ1n) is 12.7. The van der Waals surface area contributed by atoms with E-state index in [0.717, 1.165) is 38.3 Å². The van der Waals surface area contributed by atoms with Gasteiger partial charge in [-0.25, -0.2) is 0 Å². The Labute approximate surface area is 189 Å². The van der Waals surface area contributed by atoms with E-state index in [-0.39, 0.29) is 16.2 Å². The Bertz CT molecular complexity index is 488. The summed E-state index contributed by atoms with van der Waals surface area (Å²) in [5.41, 5.74) is 0.334. The van der Waals surface area contributed by atoms with E-state index in [9.17, 15) is 0 Å². The molecule has 0 radical (unpaired) electrons. The van der Waals surface area contributed by atoms with Crippen LogP contribution in [0.25, 0.3) is 0 Å². The van der Waals surface area contributed by atoms with Gasteiger partial charge in [0.25, 0.3) is 0 Å². The van der Waals surface area contributed by atoms with E-state index >= 15 is 0 Å². The molecule has 0 aromatic heterocycles. The molecular weight excluding hydrogens is 368 g/mol. The highest BCUT2D eigenvalue weighted by molar-refractivity contribution is 5.09. The maximum Gasteiger partial charge on any atom is 0.0952 e. The summed E-state index contributed by atoms with van der Waals surface area (Å²) in [7, 11) is 0. The van der Waals surface area contributed by atoms with Gasteiger partial charge in [-0.1, -0.05) is 81.2 Å². The largest absolute Gasteiger partial charge is 0.498 e. The lowest BCUT2D eigenvalue weighted by Gasteiger charge is -2.48. The zero-order chi connectivity index (χ0) is 22.8. The Balaban J connectivity index is 2.49. The van der Waals surface area contributed by atoms with Crippen molar-refractivity contribution in [3.63, 3.8) is 0 Å². The van der Waals surface area contributed by atoms with Crippen molar-refractivity contribution in [3.05, 3.63) is 12.3 Å². The van der Waals surface area contributed by atoms with Crippen LogP contribution in [0.2, 0.25) is 0 Å². The Morgan fingerprint density at radius 3 is 2.23 bits per heavy atom. The van der Waals surface area contributed by atoms with Gasteiger partial charge in [0.2, 0.25) is 0 Å². The van der Waals surface area contributed by atoms with Gasteiger partial charge in [0.1, 0.15) is 0 Å². The standard InChI is InChI=1S/C27H54N2O/c1-10-11-15-23(2)26(7,8)22-27(9,25(4,5)6)24(3)30-21-14-16-28-17-20-29-18-12-13-19-29/h23,28H,3,10-22H2,1-2,4-9H3.